The van der Waals surface area contributed by atoms with Crippen molar-refractivity contribution in [1.82, 2.24) is 0 Å². The first-order valence-corrected chi connectivity index (χ1v) is 4.66. The number of hydrogen-bond acceptors (Lipinski definition) is 6. The van der Waals surface area contributed by atoms with Crippen LogP contribution in [-0.2, 0) is 9.59 Å². The Kier molecular flexibility index (Phi) is 17.4. The lowest BCUT2D eigenvalue weighted by atomic mass is 10.2. The van der Waals surface area contributed by atoms with Crippen molar-refractivity contribution in [2.75, 3.05) is 13.1 Å². The number of aliphatic carboxylic acids is 2. The summed E-state index contributed by atoms with van der Waals surface area (Å²) in [6, 6.07) is 0. The molecule has 2 atom stereocenters. The van der Waals surface area contributed by atoms with Crippen molar-refractivity contribution >= 4 is 11.9 Å². The highest BCUT2D eigenvalue weighted by atomic mass is 16.4. The summed E-state index contributed by atoms with van der Waals surface area (Å²) in [5.41, 5.74) is 6.97. The fourth-order valence-electron chi connectivity index (χ4n) is 0.258. The zero-order valence-electron chi connectivity index (χ0n) is 9.51. The van der Waals surface area contributed by atoms with Crippen molar-refractivity contribution in [3.8, 4) is 0 Å². The molecule has 0 aromatic rings. The molecule has 0 heterocycles. The molecule has 0 aliphatic carbocycles. The molecule has 0 saturated carbocycles. The van der Waals surface area contributed by atoms with Crippen LogP contribution in [0.3, 0.4) is 0 Å². The molecule has 8 heteroatoms. The molecular weight excluding hydrogens is 220 g/mol. The number of aliphatic hydroxyl groups is 2. The molecule has 0 amide bonds. The van der Waals surface area contributed by atoms with Crippen molar-refractivity contribution in [3.63, 3.8) is 0 Å². The number of carbonyl (C=O) groups is 2. The molecule has 0 aromatic heterocycles. The maximum absolute atomic E-state index is 9.63. The van der Waals surface area contributed by atoms with Gasteiger partial charge in [0.05, 0.1) is 25.0 Å². The van der Waals surface area contributed by atoms with Gasteiger partial charge in [-0.15, -0.1) is 0 Å². The van der Waals surface area contributed by atoms with Gasteiger partial charge in [-0.05, 0) is 13.8 Å². The van der Waals surface area contributed by atoms with E-state index in [1.807, 2.05) is 13.8 Å². The Morgan fingerprint density at radius 1 is 1.00 bits per heavy atom. The maximum Gasteiger partial charge on any atom is 0.124 e. The van der Waals surface area contributed by atoms with Crippen molar-refractivity contribution in [3.05, 3.63) is 0 Å². The van der Waals surface area contributed by atoms with Gasteiger partial charge in [-0.3, -0.25) is 0 Å². The summed E-state index contributed by atoms with van der Waals surface area (Å²) in [7, 11) is 0. The van der Waals surface area contributed by atoms with Crippen LogP contribution in [0.4, 0.5) is 0 Å². The van der Waals surface area contributed by atoms with Crippen molar-refractivity contribution in [2.24, 2.45) is 0 Å². The second kappa shape index (κ2) is 13.8. The van der Waals surface area contributed by atoms with Gasteiger partial charge in [-0.1, -0.05) is 0 Å². The van der Waals surface area contributed by atoms with E-state index in [4.69, 9.17) is 10.2 Å². The fourth-order valence-corrected chi connectivity index (χ4v) is 0.258. The molecule has 0 aliphatic heterocycles. The van der Waals surface area contributed by atoms with E-state index in [-0.39, 0.29) is 0 Å². The first-order chi connectivity index (χ1) is 7.29. The Balaban J connectivity index is -0.000000235. The van der Waals surface area contributed by atoms with Gasteiger partial charge >= 0.3 is 0 Å². The second-order valence-electron chi connectivity index (χ2n) is 2.53. The molecule has 8 nitrogen and oxygen atoms in total. The Morgan fingerprint density at radius 3 is 1.19 bits per heavy atom. The average Bonchev–Trinajstić information content (AvgIpc) is 2.17. The monoisotopic (exact) mass is 240 g/mol. The van der Waals surface area contributed by atoms with Crippen molar-refractivity contribution in [2.45, 2.75) is 26.1 Å². The smallest absolute Gasteiger partial charge is 0.124 e. The van der Waals surface area contributed by atoms with E-state index in [0.717, 1.165) is 13.1 Å². The number of rotatable bonds is 3. The van der Waals surface area contributed by atoms with E-state index >= 15 is 0 Å². The maximum atomic E-state index is 9.63. The summed E-state index contributed by atoms with van der Waals surface area (Å²) < 4.78 is 0. The molecule has 0 aliphatic rings. The quantitative estimate of drug-likeness (QED) is 0.381. The van der Waals surface area contributed by atoms with Gasteiger partial charge in [0.25, 0.3) is 0 Å². The first-order valence-electron chi connectivity index (χ1n) is 4.66. The van der Waals surface area contributed by atoms with Crippen LogP contribution in [0.1, 0.15) is 13.8 Å². The Labute approximate surface area is 93.5 Å². The van der Waals surface area contributed by atoms with E-state index in [2.05, 4.69) is 11.5 Å². The zero-order valence-corrected chi connectivity index (χ0v) is 9.51. The minimum absolute atomic E-state index is 1.00. The van der Waals surface area contributed by atoms with Gasteiger partial charge < -0.3 is 41.5 Å². The molecule has 0 fully saturated rings. The van der Waals surface area contributed by atoms with E-state index in [0.29, 0.717) is 0 Å². The van der Waals surface area contributed by atoms with E-state index in [1.54, 1.807) is 0 Å². The van der Waals surface area contributed by atoms with E-state index in [9.17, 15) is 19.8 Å². The Hall–Kier alpha value is -1.22. The lowest BCUT2D eigenvalue weighted by molar-refractivity contribution is -0.362. The molecule has 0 radical (unpaired) electrons. The molecule has 0 aromatic carbocycles. The standard InChI is InChI=1S/C4H6O6.2C2H7N/c5-1(3(7)8)2(6)4(9)10;2*1-2-3/h1-2,5-6H,(H,7,8)(H,9,10);2*2-3H2,1H3. The molecule has 0 saturated heterocycles. The SMILES string of the molecule is CC[NH3+].CC[NH3+].O=C([O-])C(O)C(O)C(=O)[O-]. The lowest BCUT2D eigenvalue weighted by Crippen LogP contribution is -2.51. The first kappa shape index (κ1) is 20.2. The normalized spacial score (nSPS) is 12.1. The van der Waals surface area contributed by atoms with Gasteiger partial charge in [-0.25, -0.2) is 0 Å². The Bertz CT molecular complexity index is 167. The largest absolute Gasteiger partial charge is 0.547 e. The van der Waals surface area contributed by atoms with Crippen molar-refractivity contribution in [1.29, 1.82) is 0 Å². The predicted octanol–water partition coefficient (Wildman–Crippen LogP) is -6.30. The van der Waals surface area contributed by atoms with Crippen LogP contribution in [0.2, 0.25) is 0 Å². The molecule has 16 heavy (non-hydrogen) atoms. The lowest BCUT2D eigenvalue weighted by Gasteiger charge is -2.18. The third-order valence-electron chi connectivity index (χ3n) is 0.782. The molecular formula is C8H20N2O6. The average molecular weight is 240 g/mol. The third kappa shape index (κ3) is 15.3. The zero-order chi connectivity index (χ0) is 13.7. The minimum atomic E-state index is -2.44. The highest BCUT2D eigenvalue weighted by Gasteiger charge is 2.17. The molecule has 0 bridgehead atoms. The van der Waals surface area contributed by atoms with Crippen LogP contribution in [0.5, 0.6) is 0 Å². The van der Waals surface area contributed by atoms with Crippen LogP contribution in [0.15, 0.2) is 0 Å². The van der Waals surface area contributed by atoms with Crippen molar-refractivity contribution < 1.29 is 41.5 Å². The van der Waals surface area contributed by atoms with Crippen LogP contribution in [0.25, 0.3) is 0 Å². The molecule has 8 N–H and O–H groups in total. The summed E-state index contributed by atoms with van der Waals surface area (Å²) in [5.74, 6) is -4.12. The van der Waals surface area contributed by atoms with Gasteiger partial charge in [0.15, 0.2) is 0 Å². The van der Waals surface area contributed by atoms with Crippen LogP contribution >= 0.6 is 0 Å². The number of carboxylic acid groups (broad SMARTS) is 2. The summed E-state index contributed by atoms with van der Waals surface area (Å²) in [6.45, 7) is 6.03. The summed E-state index contributed by atoms with van der Waals surface area (Å²) in [4.78, 5) is 19.3. The van der Waals surface area contributed by atoms with Gasteiger partial charge in [0.1, 0.15) is 12.2 Å². The highest BCUT2D eigenvalue weighted by molar-refractivity contribution is 5.80. The number of aliphatic hydroxyl groups excluding tert-OH is 2. The van der Waals surface area contributed by atoms with E-state index < -0.39 is 24.1 Å². The fraction of sp³-hybridized carbons (Fsp3) is 0.750. The topological polar surface area (TPSA) is 176 Å². The number of quaternary nitrogens is 2. The van der Waals surface area contributed by atoms with Gasteiger partial charge in [0, 0.05) is 0 Å². The predicted molar refractivity (Wildman–Crippen MR) is 48.9 cm³/mol. The van der Waals surface area contributed by atoms with E-state index in [1.165, 1.54) is 0 Å². The van der Waals surface area contributed by atoms with Crippen LogP contribution in [-0.4, -0.2) is 47.4 Å². The number of carboxylic acids is 2. The minimum Gasteiger partial charge on any atom is -0.547 e. The summed E-state index contributed by atoms with van der Waals surface area (Å²) in [6.07, 6.45) is -4.88. The van der Waals surface area contributed by atoms with Crippen LogP contribution in [0, 0.1) is 0 Å². The van der Waals surface area contributed by atoms with Crippen LogP contribution < -0.4 is 21.7 Å². The van der Waals surface area contributed by atoms with Gasteiger partial charge in [-0.2, -0.15) is 0 Å². The molecule has 2 unspecified atom stereocenters. The van der Waals surface area contributed by atoms with Gasteiger partial charge in [0.2, 0.25) is 0 Å². The molecule has 0 rings (SSSR count). The number of carbonyl (C=O) groups excluding carboxylic acids is 2. The Morgan fingerprint density at radius 2 is 1.12 bits per heavy atom. The third-order valence-corrected chi connectivity index (χ3v) is 0.782. The summed E-state index contributed by atoms with van der Waals surface area (Å²) >= 11 is 0. The molecule has 98 valence electrons. The summed E-state index contributed by atoms with van der Waals surface area (Å²) in [5, 5.41) is 35.7. The molecule has 0 spiro atoms. The highest BCUT2D eigenvalue weighted by Crippen LogP contribution is 1.88. The second-order valence-corrected chi connectivity index (χ2v) is 2.53. The number of hydrogen-bond donors (Lipinski definition) is 4.